The minimum atomic E-state index is -0.0780. The molecule has 96 valence electrons. The highest BCUT2D eigenvalue weighted by Gasteiger charge is 2.11. The van der Waals surface area contributed by atoms with Gasteiger partial charge in [-0.3, -0.25) is 9.48 Å². The van der Waals surface area contributed by atoms with Crippen molar-refractivity contribution in [1.82, 2.24) is 20.3 Å². The third kappa shape index (κ3) is 3.44. The standard InChI is InChI=1S/C12H16N4O2/c1-9-6-11(18-15-9)7-12(17)14-10(2)8-16-5-3-4-13-16/h3-6,10H,7-8H2,1-2H3,(H,14,17)/t10-/m0/s1. The van der Waals surface area contributed by atoms with Crippen LogP contribution in [0.1, 0.15) is 18.4 Å². The molecule has 1 atom stereocenters. The van der Waals surface area contributed by atoms with Crippen molar-refractivity contribution >= 4 is 5.91 Å². The van der Waals surface area contributed by atoms with Gasteiger partial charge < -0.3 is 9.84 Å². The molecule has 0 saturated heterocycles. The van der Waals surface area contributed by atoms with Gasteiger partial charge in [0.2, 0.25) is 5.91 Å². The van der Waals surface area contributed by atoms with Crippen molar-refractivity contribution < 1.29 is 9.32 Å². The van der Waals surface area contributed by atoms with Gasteiger partial charge >= 0.3 is 0 Å². The lowest BCUT2D eigenvalue weighted by atomic mass is 10.2. The average Bonchev–Trinajstić information content (AvgIpc) is 2.90. The van der Waals surface area contributed by atoms with Gasteiger partial charge in [0.15, 0.2) is 0 Å². The maximum Gasteiger partial charge on any atom is 0.228 e. The summed E-state index contributed by atoms with van der Waals surface area (Å²) >= 11 is 0. The van der Waals surface area contributed by atoms with Crippen LogP contribution in [0.25, 0.3) is 0 Å². The highest BCUT2D eigenvalue weighted by Crippen LogP contribution is 2.03. The molecule has 0 fully saturated rings. The highest BCUT2D eigenvalue weighted by atomic mass is 16.5. The van der Waals surface area contributed by atoms with Crippen molar-refractivity contribution in [2.75, 3.05) is 0 Å². The first-order valence-electron chi connectivity index (χ1n) is 5.82. The summed E-state index contributed by atoms with van der Waals surface area (Å²) in [5, 5.41) is 10.7. The zero-order valence-electron chi connectivity index (χ0n) is 10.5. The molecule has 0 aromatic carbocycles. The summed E-state index contributed by atoms with van der Waals surface area (Å²) < 4.78 is 6.78. The largest absolute Gasteiger partial charge is 0.361 e. The molecule has 0 radical (unpaired) electrons. The smallest absolute Gasteiger partial charge is 0.228 e. The quantitative estimate of drug-likeness (QED) is 0.854. The molecule has 0 saturated carbocycles. The van der Waals surface area contributed by atoms with E-state index in [-0.39, 0.29) is 18.4 Å². The summed E-state index contributed by atoms with van der Waals surface area (Å²) in [5.41, 5.74) is 0.780. The number of aromatic nitrogens is 3. The number of aryl methyl sites for hydroxylation is 1. The number of carbonyl (C=O) groups excluding carboxylic acids is 1. The molecular formula is C12H16N4O2. The molecule has 2 heterocycles. The molecule has 2 aromatic heterocycles. The van der Waals surface area contributed by atoms with Crippen LogP contribution in [0, 0.1) is 6.92 Å². The van der Waals surface area contributed by atoms with Crippen molar-refractivity contribution in [3.8, 4) is 0 Å². The van der Waals surface area contributed by atoms with Crippen LogP contribution in [0.5, 0.6) is 0 Å². The van der Waals surface area contributed by atoms with E-state index in [1.54, 1.807) is 16.9 Å². The summed E-state index contributed by atoms with van der Waals surface area (Å²) in [7, 11) is 0. The van der Waals surface area contributed by atoms with E-state index in [1.807, 2.05) is 26.1 Å². The molecule has 18 heavy (non-hydrogen) atoms. The van der Waals surface area contributed by atoms with Crippen molar-refractivity contribution in [3.63, 3.8) is 0 Å². The maximum atomic E-state index is 11.7. The SMILES string of the molecule is Cc1cc(CC(=O)N[C@@H](C)Cn2cccn2)on1. The van der Waals surface area contributed by atoms with Crippen molar-refractivity contribution in [2.24, 2.45) is 0 Å². The Morgan fingerprint density at radius 3 is 3.06 bits per heavy atom. The number of nitrogens with one attached hydrogen (secondary N) is 1. The third-order valence-electron chi connectivity index (χ3n) is 2.44. The van der Waals surface area contributed by atoms with Crippen LogP contribution in [0.3, 0.4) is 0 Å². The van der Waals surface area contributed by atoms with Gasteiger partial charge in [0.25, 0.3) is 0 Å². The maximum absolute atomic E-state index is 11.7. The van der Waals surface area contributed by atoms with Gasteiger partial charge in [-0.15, -0.1) is 0 Å². The molecule has 0 bridgehead atoms. The molecule has 0 aliphatic carbocycles. The summed E-state index contributed by atoms with van der Waals surface area (Å²) in [6.45, 7) is 4.41. The molecule has 0 aliphatic heterocycles. The van der Waals surface area contributed by atoms with Gasteiger partial charge in [0, 0.05) is 24.5 Å². The van der Waals surface area contributed by atoms with E-state index in [2.05, 4.69) is 15.6 Å². The molecule has 6 heteroatoms. The fourth-order valence-electron chi connectivity index (χ4n) is 1.72. The summed E-state index contributed by atoms with van der Waals surface area (Å²) in [4.78, 5) is 11.7. The van der Waals surface area contributed by atoms with Crippen LogP contribution in [0.4, 0.5) is 0 Å². The summed E-state index contributed by atoms with van der Waals surface area (Å²) in [6.07, 6.45) is 3.79. The van der Waals surface area contributed by atoms with E-state index in [4.69, 9.17) is 4.52 Å². The molecule has 1 amide bonds. The molecule has 0 spiro atoms. The van der Waals surface area contributed by atoms with E-state index in [1.165, 1.54) is 0 Å². The Kier molecular flexibility index (Phi) is 3.76. The second-order valence-corrected chi connectivity index (χ2v) is 4.31. The molecule has 0 unspecified atom stereocenters. The van der Waals surface area contributed by atoms with E-state index < -0.39 is 0 Å². The fourth-order valence-corrected chi connectivity index (χ4v) is 1.72. The van der Waals surface area contributed by atoms with Crippen molar-refractivity contribution in [2.45, 2.75) is 32.9 Å². The van der Waals surface area contributed by atoms with Crippen LogP contribution in [0.15, 0.2) is 29.0 Å². The second-order valence-electron chi connectivity index (χ2n) is 4.31. The first-order chi connectivity index (χ1) is 8.63. The normalized spacial score (nSPS) is 12.3. The zero-order chi connectivity index (χ0) is 13.0. The Balaban J connectivity index is 1.80. The molecule has 0 aliphatic rings. The topological polar surface area (TPSA) is 73.0 Å². The van der Waals surface area contributed by atoms with Crippen molar-refractivity contribution in [3.05, 3.63) is 36.0 Å². The minimum Gasteiger partial charge on any atom is -0.361 e. The Morgan fingerprint density at radius 2 is 2.44 bits per heavy atom. The van der Waals surface area contributed by atoms with Gasteiger partial charge in [-0.2, -0.15) is 5.10 Å². The van der Waals surface area contributed by atoms with Gasteiger partial charge in [0.1, 0.15) is 5.76 Å². The molecular weight excluding hydrogens is 232 g/mol. The number of rotatable bonds is 5. The van der Waals surface area contributed by atoms with Gasteiger partial charge in [-0.1, -0.05) is 5.16 Å². The summed E-state index contributed by atoms with van der Waals surface area (Å²) in [6, 6.07) is 3.63. The van der Waals surface area contributed by atoms with Crippen molar-refractivity contribution in [1.29, 1.82) is 0 Å². The monoisotopic (exact) mass is 248 g/mol. The zero-order valence-corrected chi connectivity index (χ0v) is 10.5. The Labute approximate surface area is 105 Å². The third-order valence-corrected chi connectivity index (χ3v) is 2.44. The predicted octanol–water partition coefficient (Wildman–Crippen LogP) is 0.927. The molecule has 1 N–H and O–H groups in total. The van der Waals surface area contributed by atoms with Crippen LogP contribution >= 0.6 is 0 Å². The molecule has 2 aromatic rings. The van der Waals surface area contributed by atoms with Gasteiger partial charge in [0.05, 0.1) is 18.7 Å². The van der Waals surface area contributed by atoms with Gasteiger partial charge in [-0.25, -0.2) is 0 Å². The molecule has 6 nitrogen and oxygen atoms in total. The number of amides is 1. The Hall–Kier alpha value is -2.11. The number of carbonyl (C=O) groups is 1. The van der Waals surface area contributed by atoms with E-state index in [9.17, 15) is 4.79 Å². The number of hydrogen-bond acceptors (Lipinski definition) is 4. The lowest BCUT2D eigenvalue weighted by molar-refractivity contribution is -0.121. The van der Waals surface area contributed by atoms with Crippen LogP contribution in [0.2, 0.25) is 0 Å². The number of nitrogens with zero attached hydrogens (tertiary/aromatic N) is 3. The predicted molar refractivity (Wildman–Crippen MR) is 64.8 cm³/mol. The second kappa shape index (κ2) is 5.48. The number of hydrogen-bond donors (Lipinski definition) is 1. The van der Waals surface area contributed by atoms with E-state index >= 15 is 0 Å². The first-order valence-corrected chi connectivity index (χ1v) is 5.82. The van der Waals surface area contributed by atoms with E-state index in [0.717, 1.165) is 5.69 Å². The Bertz CT molecular complexity index is 504. The Morgan fingerprint density at radius 1 is 1.61 bits per heavy atom. The highest BCUT2D eigenvalue weighted by molar-refractivity contribution is 5.78. The van der Waals surface area contributed by atoms with Gasteiger partial charge in [-0.05, 0) is 19.9 Å². The van der Waals surface area contributed by atoms with Crippen LogP contribution in [-0.4, -0.2) is 26.9 Å². The lowest BCUT2D eigenvalue weighted by Gasteiger charge is -2.13. The fraction of sp³-hybridized carbons (Fsp3) is 0.417. The van der Waals surface area contributed by atoms with E-state index in [0.29, 0.717) is 12.3 Å². The lowest BCUT2D eigenvalue weighted by Crippen LogP contribution is -2.36. The average molecular weight is 248 g/mol. The molecule has 2 rings (SSSR count). The minimum absolute atomic E-state index is 0.0152. The first kappa shape index (κ1) is 12.3. The van der Waals surface area contributed by atoms with Crippen LogP contribution in [-0.2, 0) is 17.8 Å². The van der Waals surface area contributed by atoms with Crippen LogP contribution < -0.4 is 5.32 Å². The summed E-state index contributed by atoms with van der Waals surface area (Å²) in [5.74, 6) is 0.502.